The average Bonchev–Trinajstić information content (AvgIpc) is 3.23. The lowest BCUT2D eigenvalue weighted by Crippen LogP contribution is -2.34. The summed E-state index contributed by atoms with van der Waals surface area (Å²) in [6, 6.07) is 0. The summed E-state index contributed by atoms with van der Waals surface area (Å²) in [6.45, 7) is 9.85. The van der Waals surface area contributed by atoms with Gasteiger partial charge in [-0.2, -0.15) is 0 Å². The monoisotopic (exact) mass is 267 g/mol. The zero-order chi connectivity index (χ0) is 14.0. The number of hydrogen-bond donors (Lipinski definition) is 0. The van der Waals surface area contributed by atoms with Crippen molar-refractivity contribution in [3.63, 3.8) is 0 Å². The molecule has 0 atom stereocenters. The quantitative estimate of drug-likeness (QED) is 0.302. The zero-order valence-electron chi connectivity index (χ0n) is 13.8. The fourth-order valence-electron chi connectivity index (χ4n) is 3.25. The summed E-state index contributed by atoms with van der Waals surface area (Å²) in [6.07, 6.45) is 17.1. The fourth-order valence-corrected chi connectivity index (χ4v) is 3.25. The van der Waals surface area contributed by atoms with Gasteiger partial charge < -0.3 is 0 Å². The highest BCUT2D eigenvalue weighted by atomic mass is 15.3. The lowest BCUT2D eigenvalue weighted by atomic mass is 9.88. The molecular weight excluding hydrogens is 230 g/mol. The summed E-state index contributed by atoms with van der Waals surface area (Å²) in [7, 11) is 0. The van der Waals surface area contributed by atoms with Crippen molar-refractivity contribution in [2.75, 3.05) is 13.1 Å². The standard InChI is InChI=1S/C18H37N/c1-4-6-8-10-12-14-18(3,19-16-17-19)15-13-11-9-7-5-2/h4-17H2,1-3H3. The van der Waals surface area contributed by atoms with E-state index in [1.165, 1.54) is 90.1 Å². The van der Waals surface area contributed by atoms with Crippen molar-refractivity contribution in [3.05, 3.63) is 0 Å². The first-order valence-electron chi connectivity index (χ1n) is 8.98. The molecule has 0 aromatic heterocycles. The van der Waals surface area contributed by atoms with Crippen molar-refractivity contribution in [3.8, 4) is 0 Å². The minimum Gasteiger partial charge on any atom is -0.295 e. The Morgan fingerprint density at radius 3 is 1.47 bits per heavy atom. The summed E-state index contributed by atoms with van der Waals surface area (Å²) >= 11 is 0. The highest BCUT2D eigenvalue weighted by Crippen LogP contribution is 2.33. The summed E-state index contributed by atoms with van der Waals surface area (Å²) in [5, 5.41) is 0. The molecule has 19 heavy (non-hydrogen) atoms. The van der Waals surface area contributed by atoms with Gasteiger partial charge in [-0.05, 0) is 19.8 Å². The van der Waals surface area contributed by atoms with E-state index in [0.29, 0.717) is 5.54 Å². The molecule has 1 fully saturated rings. The average molecular weight is 268 g/mol. The Hall–Kier alpha value is -0.0400. The van der Waals surface area contributed by atoms with Crippen LogP contribution < -0.4 is 0 Å². The van der Waals surface area contributed by atoms with E-state index in [1.54, 1.807) is 0 Å². The molecular formula is C18H37N. The minimum absolute atomic E-state index is 0.540. The molecule has 1 rings (SSSR count). The largest absolute Gasteiger partial charge is 0.295 e. The Morgan fingerprint density at radius 1 is 0.684 bits per heavy atom. The van der Waals surface area contributed by atoms with E-state index in [1.807, 2.05) is 0 Å². The van der Waals surface area contributed by atoms with Gasteiger partial charge in [0.05, 0.1) is 0 Å². The van der Waals surface area contributed by atoms with Crippen LogP contribution in [0.4, 0.5) is 0 Å². The second kappa shape index (κ2) is 9.80. The van der Waals surface area contributed by atoms with Crippen molar-refractivity contribution in [2.45, 2.75) is 103 Å². The Kier molecular flexibility index (Phi) is 8.77. The Labute approximate surface area is 122 Å². The van der Waals surface area contributed by atoms with Gasteiger partial charge in [0, 0.05) is 18.6 Å². The third-order valence-corrected chi connectivity index (χ3v) is 4.85. The van der Waals surface area contributed by atoms with Crippen LogP contribution in [0.25, 0.3) is 0 Å². The van der Waals surface area contributed by atoms with Crippen molar-refractivity contribution < 1.29 is 0 Å². The van der Waals surface area contributed by atoms with Gasteiger partial charge in [-0.25, -0.2) is 0 Å². The maximum absolute atomic E-state index is 2.71. The summed E-state index contributed by atoms with van der Waals surface area (Å²) in [5.74, 6) is 0. The van der Waals surface area contributed by atoms with Crippen LogP contribution in [0.15, 0.2) is 0 Å². The van der Waals surface area contributed by atoms with Gasteiger partial charge in [-0.1, -0.05) is 78.1 Å². The third kappa shape index (κ3) is 7.34. The van der Waals surface area contributed by atoms with E-state index in [-0.39, 0.29) is 0 Å². The molecule has 0 bridgehead atoms. The SMILES string of the molecule is CCCCCCCC(C)(CCCCCCC)N1CC1. The van der Waals surface area contributed by atoms with Gasteiger partial charge in [0.1, 0.15) is 0 Å². The summed E-state index contributed by atoms with van der Waals surface area (Å²) in [4.78, 5) is 2.71. The molecule has 0 unspecified atom stereocenters. The molecule has 0 aliphatic carbocycles. The van der Waals surface area contributed by atoms with E-state index in [2.05, 4.69) is 25.7 Å². The van der Waals surface area contributed by atoms with Crippen LogP contribution in [-0.4, -0.2) is 23.5 Å². The number of hydrogen-bond acceptors (Lipinski definition) is 1. The van der Waals surface area contributed by atoms with E-state index in [4.69, 9.17) is 0 Å². The highest BCUT2D eigenvalue weighted by molar-refractivity contribution is 4.93. The molecule has 1 saturated heterocycles. The molecule has 1 heterocycles. The van der Waals surface area contributed by atoms with Gasteiger partial charge in [0.25, 0.3) is 0 Å². The lowest BCUT2D eigenvalue weighted by molar-refractivity contribution is 0.203. The Bertz CT molecular complexity index is 194. The molecule has 1 aliphatic heterocycles. The molecule has 0 aromatic rings. The van der Waals surface area contributed by atoms with E-state index < -0.39 is 0 Å². The van der Waals surface area contributed by atoms with Crippen LogP contribution >= 0.6 is 0 Å². The first kappa shape index (κ1) is 17.0. The van der Waals surface area contributed by atoms with Crippen LogP contribution in [0.3, 0.4) is 0 Å². The summed E-state index contributed by atoms with van der Waals surface area (Å²) < 4.78 is 0. The molecule has 1 nitrogen and oxygen atoms in total. The van der Waals surface area contributed by atoms with Gasteiger partial charge in [0.2, 0.25) is 0 Å². The van der Waals surface area contributed by atoms with E-state index >= 15 is 0 Å². The smallest absolute Gasteiger partial charge is 0.0182 e. The topological polar surface area (TPSA) is 3.01 Å². The first-order valence-corrected chi connectivity index (χ1v) is 8.98. The number of rotatable bonds is 13. The maximum atomic E-state index is 2.71. The third-order valence-electron chi connectivity index (χ3n) is 4.85. The highest BCUT2D eigenvalue weighted by Gasteiger charge is 2.37. The summed E-state index contributed by atoms with van der Waals surface area (Å²) in [5.41, 5.74) is 0.540. The van der Waals surface area contributed by atoms with Gasteiger partial charge in [-0.15, -0.1) is 0 Å². The molecule has 0 saturated carbocycles. The molecule has 0 radical (unpaired) electrons. The number of unbranched alkanes of at least 4 members (excludes halogenated alkanes) is 8. The normalized spacial score (nSPS) is 15.9. The van der Waals surface area contributed by atoms with E-state index in [0.717, 1.165) is 0 Å². The van der Waals surface area contributed by atoms with Crippen LogP contribution in [0.1, 0.15) is 97.8 Å². The molecule has 1 aliphatic rings. The van der Waals surface area contributed by atoms with Crippen LogP contribution in [0, 0.1) is 0 Å². The van der Waals surface area contributed by atoms with Crippen LogP contribution in [0.5, 0.6) is 0 Å². The molecule has 114 valence electrons. The Morgan fingerprint density at radius 2 is 1.11 bits per heavy atom. The molecule has 1 heteroatoms. The molecule has 0 aromatic carbocycles. The predicted octanol–water partition coefficient (Wildman–Crippen LogP) is 5.78. The molecule has 0 N–H and O–H groups in total. The second-order valence-corrected chi connectivity index (χ2v) is 6.81. The van der Waals surface area contributed by atoms with Gasteiger partial charge in [-0.3, -0.25) is 4.90 Å². The Balaban J connectivity index is 2.13. The molecule has 0 amide bonds. The fraction of sp³-hybridized carbons (Fsp3) is 1.00. The van der Waals surface area contributed by atoms with Crippen molar-refractivity contribution in [1.29, 1.82) is 0 Å². The first-order chi connectivity index (χ1) is 9.23. The van der Waals surface area contributed by atoms with Crippen LogP contribution in [0.2, 0.25) is 0 Å². The van der Waals surface area contributed by atoms with Gasteiger partial charge in [0.15, 0.2) is 0 Å². The van der Waals surface area contributed by atoms with E-state index in [9.17, 15) is 0 Å². The van der Waals surface area contributed by atoms with Crippen molar-refractivity contribution in [2.24, 2.45) is 0 Å². The second-order valence-electron chi connectivity index (χ2n) is 6.81. The van der Waals surface area contributed by atoms with Crippen molar-refractivity contribution in [1.82, 2.24) is 4.90 Å². The maximum Gasteiger partial charge on any atom is 0.0182 e. The zero-order valence-corrected chi connectivity index (χ0v) is 13.8. The number of nitrogens with zero attached hydrogens (tertiary/aromatic N) is 1. The lowest BCUT2D eigenvalue weighted by Gasteiger charge is -2.32. The van der Waals surface area contributed by atoms with Crippen molar-refractivity contribution >= 4 is 0 Å². The minimum atomic E-state index is 0.540. The predicted molar refractivity (Wildman–Crippen MR) is 86.7 cm³/mol. The van der Waals surface area contributed by atoms with Crippen LogP contribution in [-0.2, 0) is 0 Å². The van der Waals surface area contributed by atoms with Gasteiger partial charge >= 0.3 is 0 Å². The molecule has 0 spiro atoms.